The number of aryl methyl sites for hydroxylation is 1. The third kappa shape index (κ3) is 2.87. The molecule has 1 unspecified atom stereocenters. The molecule has 2 nitrogen and oxygen atoms in total. The summed E-state index contributed by atoms with van der Waals surface area (Å²) in [5.41, 5.74) is 3.82. The normalized spacial score (nSPS) is 17.4. The highest BCUT2D eigenvalue weighted by Gasteiger charge is 2.15. The van der Waals surface area contributed by atoms with Crippen LogP contribution in [0.25, 0.3) is 0 Å². The SMILES string of the molecule is COc1ccc2c(c1)CCC(c1ccc(I)cc1)N=C2. The van der Waals surface area contributed by atoms with Gasteiger partial charge in [-0.1, -0.05) is 12.1 Å². The second-order valence-corrected chi connectivity index (χ2v) is 6.19. The maximum absolute atomic E-state index is 5.30. The van der Waals surface area contributed by atoms with Crippen molar-refractivity contribution in [1.29, 1.82) is 0 Å². The summed E-state index contributed by atoms with van der Waals surface area (Å²) in [4.78, 5) is 4.75. The third-order valence-electron chi connectivity index (χ3n) is 3.69. The molecule has 0 N–H and O–H groups in total. The van der Waals surface area contributed by atoms with Crippen LogP contribution in [-0.2, 0) is 6.42 Å². The summed E-state index contributed by atoms with van der Waals surface area (Å²) in [5.74, 6) is 0.921. The maximum Gasteiger partial charge on any atom is 0.119 e. The van der Waals surface area contributed by atoms with Gasteiger partial charge >= 0.3 is 0 Å². The Balaban J connectivity index is 1.86. The van der Waals surface area contributed by atoms with Crippen molar-refractivity contribution < 1.29 is 4.74 Å². The monoisotopic (exact) mass is 377 g/mol. The van der Waals surface area contributed by atoms with E-state index in [4.69, 9.17) is 9.73 Å². The first-order valence-electron chi connectivity index (χ1n) is 6.72. The minimum Gasteiger partial charge on any atom is -0.497 e. The van der Waals surface area contributed by atoms with Gasteiger partial charge in [0.2, 0.25) is 0 Å². The highest BCUT2D eigenvalue weighted by molar-refractivity contribution is 14.1. The summed E-state index contributed by atoms with van der Waals surface area (Å²) in [5, 5.41) is 0. The highest BCUT2D eigenvalue weighted by atomic mass is 127. The molecule has 0 radical (unpaired) electrons. The summed E-state index contributed by atoms with van der Waals surface area (Å²) < 4.78 is 6.56. The van der Waals surface area contributed by atoms with Crippen molar-refractivity contribution in [3.8, 4) is 5.75 Å². The molecule has 0 fully saturated rings. The Morgan fingerprint density at radius 1 is 1.15 bits per heavy atom. The number of hydrogen-bond donors (Lipinski definition) is 0. The van der Waals surface area contributed by atoms with E-state index in [2.05, 4.69) is 59.0 Å². The molecule has 2 aromatic rings. The molecular formula is C17H16INO. The number of aliphatic imine (C=N–C) groups is 1. The van der Waals surface area contributed by atoms with Gasteiger partial charge in [-0.3, -0.25) is 4.99 Å². The third-order valence-corrected chi connectivity index (χ3v) is 4.40. The minimum absolute atomic E-state index is 0.255. The second kappa shape index (κ2) is 5.95. The summed E-state index contributed by atoms with van der Waals surface area (Å²) in [6, 6.07) is 15.1. The topological polar surface area (TPSA) is 21.6 Å². The minimum atomic E-state index is 0.255. The molecule has 0 bridgehead atoms. The van der Waals surface area contributed by atoms with Crippen LogP contribution in [0.15, 0.2) is 47.5 Å². The number of ether oxygens (including phenoxy) is 1. The van der Waals surface area contributed by atoms with Crippen molar-refractivity contribution in [3.05, 3.63) is 62.7 Å². The second-order valence-electron chi connectivity index (χ2n) is 4.95. The van der Waals surface area contributed by atoms with Crippen LogP contribution in [0.1, 0.15) is 29.2 Å². The molecule has 0 aliphatic carbocycles. The molecular weight excluding hydrogens is 361 g/mol. The van der Waals surface area contributed by atoms with Gasteiger partial charge in [-0.2, -0.15) is 0 Å². The van der Waals surface area contributed by atoms with Crippen LogP contribution in [0.2, 0.25) is 0 Å². The molecule has 0 saturated heterocycles. The van der Waals surface area contributed by atoms with Gasteiger partial charge in [0.1, 0.15) is 5.75 Å². The Bertz CT molecular complexity index is 634. The highest BCUT2D eigenvalue weighted by Crippen LogP contribution is 2.29. The molecule has 1 aliphatic rings. The molecule has 3 rings (SSSR count). The lowest BCUT2D eigenvalue weighted by Crippen LogP contribution is -1.96. The number of fused-ring (bicyclic) bond motifs is 1. The Hall–Kier alpha value is -1.36. The molecule has 0 amide bonds. The van der Waals surface area contributed by atoms with Crippen molar-refractivity contribution in [2.45, 2.75) is 18.9 Å². The van der Waals surface area contributed by atoms with Gasteiger partial charge in [-0.15, -0.1) is 0 Å². The lowest BCUT2D eigenvalue weighted by atomic mass is 9.99. The van der Waals surface area contributed by atoms with Gasteiger partial charge in [-0.25, -0.2) is 0 Å². The zero-order chi connectivity index (χ0) is 13.9. The molecule has 0 spiro atoms. The van der Waals surface area contributed by atoms with Crippen molar-refractivity contribution in [1.82, 2.24) is 0 Å². The largest absolute Gasteiger partial charge is 0.497 e. The molecule has 1 aliphatic heterocycles. The first kappa shape index (κ1) is 13.6. The zero-order valence-electron chi connectivity index (χ0n) is 11.3. The molecule has 2 aromatic carbocycles. The number of rotatable bonds is 2. The Morgan fingerprint density at radius 2 is 1.95 bits per heavy atom. The van der Waals surface area contributed by atoms with Crippen molar-refractivity contribution in [3.63, 3.8) is 0 Å². The van der Waals surface area contributed by atoms with Gasteiger partial charge in [0.25, 0.3) is 0 Å². The molecule has 3 heteroatoms. The lowest BCUT2D eigenvalue weighted by Gasteiger charge is -2.11. The van der Waals surface area contributed by atoms with E-state index in [1.54, 1.807) is 7.11 Å². The van der Waals surface area contributed by atoms with E-state index in [1.807, 2.05) is 12.3 Å². The molecule has 0 aromatic heterocycles. The summed E-state index contributed by atoms with van der Waals surface area (Å²) in [6.07, 6.45) is 4.07. The van der Waals surface area contributed by atoms with E-state index < -0.39 is 0 Å². The average Bonchev–Trinajstić information content (AvgIpc) is 2.70. The van der Waals surface area contributed by atoms with E-state index in [-0.39, 0.29) is 6.04 Å². The molecule has 0 saturated carbocycles. The molecule has 102 valence electrons. The average molecular weight is 377 g/mol. The molecule has 1 atom stereocenters. The number of benzene rings is 2. The molecule has 20 heavy (non-hydrogen) atoms. The summed E-state index contributed by atoms with van der Waals surface area (Å²) >= 11 is 2.33. The number of methoxy groups -OCH3 is 1. The van der Waals surface area contributed by atoms with Crippen LogP contribution >= 0.6 is 22.6 Å². The lowest BCUT2D eigenvalue weighted by molar-refractivity contribution is 0.414. The van der Waals surface area contributed by atoms with E-state index >= 15 is 0 Å². The van der Waals surface area contributed by atoms with E-state index in [0.717, 1.165) is 18.6 Å². The Kier molecular flexibility index (Phi) is 4.05. The van der Waals surface area contributed by atoms with Gasteiger partial charge in [0, 0.05) is 9.78 Å². The van der Waals surface area contributed by atoms with Crippen LogP contribution < -0.4 is 4.74 Å². The van der Waals surface area contributed by atoms with Crippen LogP contribution in [-0.4, -0.2) is 13.3 Å². The fourth-order valence-corrected chi connectivity index (χ4v) is 2.89. The first-order valence-corrected chi connectivity index (χ1v) is 7.80. The van der Waals surface area contributed by atoms with Gasteiger partial charge < -0.3 is 4.74 Å². The summed E-state index contributed by atoms with van der Waals surface area (Å²) in [7, 11) is 1.71. The predicted octanol–water partition coefficient (Wildman–Crippen LogP) is 4.41. The van der Waals surface area contributed by atoms with Crippen LogP contribution in [0.4, 0.5) is 0 Å². The van der Waals surface area contributed by atoms with E-state index in [0.29, 0.717) is 0 Å². The van der Waals surface area contributed by atoms with Crippen LogP contribution in [0.5, 0.6) is 5.75 Å². The predicted molar refractivity (Wildman–Crippen MR) is 90.8 cm³/mol. The summed E-state index contributed by atoms with van der Waals surface area (Å²) in [6.45, 7) is 0. The number of nitrogens with zero attached hydrogens (tertiary/aromatic N) is 1. The fourth-order valence-electron chi connectivity index (χ4n) is 2.53. The first-order chi connectivity index (χ1) is 9.76. The smallest absolute Gasteiger partial charge is 0.119 e. The Morgan fingerprint density at radius 3 is 2.70 bits per heavy atom. The standard InChI is InChI=1S/C17H16INO/c1-20-16-8-4-14-11-19-17(9-5-13(14)10-16)12-2-6-15(18)7-3-12/h2-4,6-8,10-11,17H,5,9H2,1H3. The van der Waals surface area contributed by atoms with E-state index in [9.17, 15) is 0 Å². The van der Waals surface area contributed by atoms with Crippen molar-refractivity contribution >= 4 is 28.8 Å². The van der Waals surface area contributed by atoms with Crippen LogP contribution in [0.3, 0.4) is 0 Å². The molecule has 1 heterocycles. The van der Waals surface area contributed by atoms with Crippen molar-refractivity contribution in [2.24, 2.45) is 4.99 Å². The Labute approximate surface area is 133 Å². The van der Waals surface area contributed by atoms with E-state index in [1.165, 1.54) is 20.3 Å². The number of hydrogen-bond acceptors (Lipinski definition) is 2. The number of halogens is 1. The quantitative estimate of drug-likeness (QED) is 0.711. The van der Waals surface area contributed by atoms with Gasteiger partial charge in [0.15, 0.2) is 0 Å². The maximum atomic E-state index is 5.30. The zero-order valence-corrected chi connectivity index (χ0v) is 13.5. The fraction of sp³-hybridized carbons (Fsp3) is 0.235. The van der Waals surface area contributed by atoms with Gasteiger partial charge in [-0.05, 0) is 82.5 Å². The van der Waals surface area contributed by atoms with Crippen molar-refractivity contribution in [2.75, 3.05) is 7.11 Å². The van der Waals surface area contributed by atoms with Crippen LogP contribution in [0, 0.1) is 3.57 Å². The van der Waals surface area contributed by atoms with Gasteiger partial charge in [0.05, 0.1) is 13.2 Å².